The van der Waals surface area contributed by atoms with Crippen molar-refractivity contribution in [2.45, 2.75) is 20.3 Å². The zero-order valence-electron chi connectivity index (χ0n) is 13.5. The second-order valence-corrected chi connectivity index (χ2v) is 6.27. The minimum absolute atomic E-state index is 0.169. The molecule has 2 rings (SSSR count). The fourth-order valence-electron chi connectivity index (χ4n) is 2.10. The van der Waals surface area contributed by atoms with Crippen molar-refractivity contribution >= 4 is 34.2 Å². The van der Waals surface area contributed by atoms with Crippen LogP contribution in [0.15, 0.2) is 36.4 Å². The second kappa shape index (κ2) is 8.19. The summed E-state index contributed by atoms with van der Waals surface area (Å²) in [6.45, 7) is 4.62. The van der Waals surface area contributed by atoms with Gasteiger partial charge in [0, 0.05) is 11.3 Å². The lowest BCUT2D eigenvalue weighted by Crippen LogP contribution is -2.13. The number of para-hydroxylation sites is 1. The van der Waals surface area contributed by atoms with E-state index in [4.69, 9.17) is 9.47 Å². The summed E-state index contributed by atoms with van der Waals surface area (Å²) < 4.78 is 11.9. The van der Waals surface area contributed by atoms with E-state index in [0.717, 1.165) is 21.2 Å². The number of carbonyl (C=O) groups excluding carboxylic acids is 1. The maximum absolute atomic E-state index is 12.5. The highest BCUT2D eigenvalue weighted by Gasteiger charge is 2.16. The molecular formula is C18H20INO3. The van der Waals surface area contributed by atoms with Crippen molar-refractivity contribution in [1.82, 2.24) is 0 Å². The normalized spacial score (nSPS) is 10.3. The zero-order chi connectivity index (χ0) is 16.8. The molecule has 1 N–H and O–H groups in total. The quantitative estimate of drug-likeness (QED) is 0.686. The molecule has 0 bridgehead atoms. The fraction of sp³-hybridized carbons (Fsp3) is 0.278. The van der Waals surface area contributed by atoms with Crippen molar-refractivity contribution in [3.05, 3.63) is 51.1 Å². The van der Waals surface area contributed by atoms with Crippen molar-refractivity contribution in [3.8, 4) is 11.5 Å². The van der Waals surface area contributed by atoms with Gasteiger partial charge in [-0.05, 0) is 59.7 Å². The molecule has 1 amide bonds. The van der Waals surface area contributed by atoms with Crippen LogP contribution in [0, 0.1) is 10.5 Å². The van der Waals surface area contributed by atoms with Gasteiger partial charge >= 0.3 is 0 Å². The first kappa shape index (κ1) is 17.6. The molecule has 0 saturated carbocycles. The highest BCUT2D eigenvalue weighted by molar-refractivity contribution is 14.1. The van der Waals surface area contributed by atoms with Crippen LogP contribution in [0.4, 0.5) is 5.69 Å². The van der Waals surface area contributed by atoms with Crippen LogP contribution >= 0.6 is 22.6 Å². The third kappa shape index (κ3) is 4.37. The lowest BCUT2D eigenvalue weighted by Gasteiger charge is -2.14. The van der Waals surface area contributed by atoms with Crippen LogP contribution in [0.25, 0.3) is 0 Å². The second-order valence-electron chi connectivity index (χ2n) is 5.11. The molecule has 0 radical (unpaired) electrons. The van der Waals surface area contributed by atoms with E-state index in [2.05, 4.69) is 27.9 Å². The average Bonchev–Trinajstić information content (AvgIpc) is 2.55. The number of hydrogen-bond donors (Lipinski definition) is 1. The summed E-state index contributed by atoms with van der Waals surface area (Å²) in [5, 5.41) is 2.93. The van der Waals surface area contributed by atoms with Gasteiger partial charge in [-0.25, -0.2) is 0 Å². The number of methoxy groups -OCH3 is 1. The minimum Gasteiger partial charge on any atom is -0.493 e. The van der Waals surface area contributed by atoms with Crippen molar-refractivity contribution in [2.75, 3.05) is 19.0 Å². The monoisotopic (exact) mass is 425 g/mol. The minimum atomic E-state index is -0.169. The first-order valence-corrected chi connectivity index (χ1v) is 8.52. The Hall–Kier alpha value is -1.76. The molecule has 122 valence electrons. The number of anilines is 1. The van der Waals surface area contributed by atoms with Crippen molar-refractivity contribution < 1.29 is 14.3 Å². The van der Waals surface area contributed by atoms with Gasteiger partial charge in [0.2, 0.25) is 0 Å². The Morgan fingerprint density at radius 3 is 2.65 bits per heavy atom. The van der Waals surface area contributed by atoms with Crippen LogP contribution in [-0.2, 0) is 0 Å². The summed E-state index contributed by atoms with van der Waals surface area (Å²) in [5.41, 5.74) is 2.36. The topological polar surface area (TPSA) is 47.6 Å². The number of rotatable bonds is 6. The SMILES string of the molecule is CCCOc1c(I)cc(C(=O)Nc2ccccc2C)cc1OC. The molecule has 23 heavy (non-hydrogen) atoms. The summed E-state index contributed by atoms with van der Waals surface area (Å²) in [5.74, 6) is 1.08. The molecule has 0 saturated heterocycles. The molecule has 0 aliphatic carbocycles. The molecule has 2 aromatic carbocycles. The molecule has 2 aromatic rings. The van der Waals surface area contributed by atoms with E-state index < -0.39 is 0 Å². The highest BCUT2D eigenvalue weighted by atomic mass is 127. The van der Waals surface area contributed by atoms with E-state index in [1.54, 1.807) is 13.2 Å². The Bertz CT molecular complexity index is 701. The summed E-state index contributed by atoms with van der Waals surface area (Å²) >= 11 is 2.16. The predicted octanol–water partition coefficient (Wildman–Crippen LogP) is 4.65. The smallest absolute Gasteiger partial charge is 0.255 e. The highest BCUT2D eigenvalue weighted by Crippen LogP contribution is 2.34. The predicted molar refractivity (Wildman–Crippen MR) is 101 cm³/mol. The number of nitrogens with one attached hydrogen (secondary N) is 1. The van der Waals surface area contributed by atoms with Crippen molar-refractivity contribution in [2.24, 2.45) is 0 Å². The Morgan fingerprint density at radius 2 is 2.00 bits per heavy atom. The van der Waals surface area contributed by atoms with E-state index in [-0.39, 0.29) is 5.91 Å². The zero-order valence-corrected chi connectivity index (χ0v) is 15.6. The Labute approximate surface area is 150 Å². The number of amides is 1. The van der Waals surface area contributed by atoms with Crippen molar-refractivity contribution in [3.63, 3.8) is 0 Å². The maximum Gasteiger partial charge on any atom is 0.255 e. The molecule has 0 aliphatic heterocycles. The van der Waals surface area contributed by atoms with Gasteiger partial charge in [0.15, 0.2) is 11.5 Å². The van der Waals surface area contributed by atoms with Gasteiger partial charge < -0.3 is 14.8 Å². The third-order valence-electron chi connectivity index (χ3n) is 3.34. The molecule has 0 unspecified atom stereocenters. The van der Waals surface area contributed by atoms with Gasteiger partial charge in [-0.2, -0.15) is 0 Å². The van der Waals surface area contributed by atoms with Crippen LogP contribution in [0.5, 0.6) is 11.5 Å². The van der Waals surface area contributed by atoms with Crippen LogP contribution in [0.1, 0.15) is 29.3 Å². The van der Waals surface area contributed by atoms with E-state index in [0.29, 0.717) is 23.7 Å². The summed E-state index contributed by atoms with van der Waals surface area (Å²) in [6, 6.07) is 11.2. The summed E-state index contributed by atoms with van der Waals surface area (Å²) in [4.78, 5) is 12.5. The Balaban J connectivity index is 2.27. The number of hydrogen-bond acceptors (Lipinski definition) is 3. The number of aryl methyl sites for hydroxylation is 1. The first-order chi connectivity index (χ1) is 11.1. The lowest BCUT2D eigenvalue weighted by atomic mass is 10.1. The molecule has 0 heterocycles. The van der Waals surface area contributed by atoms with Gasteiger partial charge in [-0.3, -0.25) is 4.79 Å². The van der Waals surface area contributed by atoms with E-state index >= 15 is 0 Å². The molecule has 0 atom stereocenters. The lowest BCUT2D eigenvalue weighted by molar-refractivity contribution is 0.102. The van der Waals surface area contributed by atoms with Gasteiger partial charge in [0.25, 0.3) is 5.91 Å². The van der Waals surface area contributed by atoms with E-state index in [1.807, 2.05) is 44.2 Å². The number of halogens is 1. The van der Waals surface area contributed by atoms with Crippen LogP contribution in [0.2, 0.25) is 0 Å². The Kier molecular flexibility index (Phi) is 6.27. The molecule has 0 spiro atoms. The number of benzene rings is 2. The number of carbonyl (C=O) groups is 1. The molecule has 5 heteroatoms. The summed E-state index contributed by atoms with van der Waals surface area (Å²) in [6.07, 6.45) is 0.911. The molecular weight excluding hydrogens is 405 g/mol. The van der Waals surface area contributed by atoms with Gasteiger partial charge in [0.1, 0.15) is 0 Å². The number of ether oxygens (including phenoxy) is 2. The fourth-order valence-corrected chi connectivity index (χ4v) is 2.86. The molecule has 0 aliphatic rings. The molecule has 0 fully saturated rings. The van der Waals surface area contributed by atoms with Crippen LogP contribution in [-0.4, -0.2) is 19.6 Å². The van der Waals surface area contributed by atoms with Gasteiger partial charge in [-0.15, -0.1) is 0 Å². The van der Waals surface area contributed by atoms with Crippen molar-refractivity contribution in [1.29, 1.82) is 0 Å². The summed E-state index contributed by atoms with van der Waals surface area (Å²) in [7, 11) is 1.58. The Morgan fingerprint density at radius 1 is 1.26 bits per heavy atom. The standard InChI is InChI=1S/C18H20INO3/c1-4-9-23-17-14(19)10-13(11-16(17)22-3)18(21)20-15-8-6-5-7-12(15)2/h5-8,10-11H,4,9H2,1-3H3,(H,20,21). The van der Waals surface area contributed by atoms with Gasteiger partial charge in [-0.1, -0.05) is 25.1 Å². The van der Waals surface area contributed by atoms with E-state index in [9.17, 15) is 4.79 Å². The first-order valence-electron chi connectivity index (χ1n) is 7.44. The largest absolute Gasteiger partial charge is 0.493 e. The van der Waals surface area contributed by atoms with E-state index in [1.165, 1.54) is 0 Å². The van der Waals surface area contributed by atoms with Gasteiger partial charge in [0.05, 0.1) is 17.3 Å². The molecule has 4 nitrogen and oxygen atoms in total. The van der Waals surface area contributed by atoms with Crippen LogP contribution in [0.3, 0.4) is 0 Å². The maximum atomic E-state index is 12.5. The third-order valence-corrected chi connectivity index (χ3v) is 4.14. The average molecular weight is 425 g/mol. The van der Waals surface area contributed by atoms with Crippen LogP contribution < -0.4 is 14.8 Å². The molecule has 0 aromatic heterocycles.